The average molecular weight is 766 g/mol. The highest BCUT2D eigenvalue weighted by Gasteiger charge is 2.53. The van der Waals surface area contributed by atoms with E-state index >= 15 is 0 Å². The second-order valence-electron chi connectivity index (χ2n) is 14.0. The molecule has 0 saturated heterocycles. The van der Waals surface area contributed by atoms with Gasteiger partial charge in [-0.1, -0.05) is 39.0 Å². The maximum absolute atomic E-state index is 14.4. The molecule has 1 saturated carbocycles. The number of guanidine groups is 1. The molecule has 1 atom stereocenters. The van der Waals surface area contributed by atoms with E-state index in [2.05, 4.69) is 25.8 Å². The molecule has 0 unspecified atom stereocenters. The summed E-state index contributed by atoms with van der Waals surface area (Å²) in [4.78, 5) is 32.1. The van der Waals surface area contributed by atoms with Gasteiger partial charge < -0.3 is 15.4 Å². The van der Waals surface area contributed by atoms with Crippen LogP contribution in [0.3, 0.4) is 0 Å². The van der Waals surface area contributed by atoms with Gasteiger partial charge in [0.15, 0.2) is 5.96 Å². The largest absolute Gasteiger partial charge is 0.447 e. The number of benzene rings is 2. The maximum Gasteiger partial charge on any atom is 0.418 e. The van der Waals surface area contributed by atoms with Crippen molar-refractivity contribution in [3.8, 4) is 16.8 Å². The minimum absolute atomic E-state index is 0.00537. The Morgan fingerprint density at radius 2 is 1.70 bits per heavy atom. The fourth-order valence-electron chi connectivity index (χ4n) is 5.53. The van der Waals surface area contributed by atoms with Crippen LogP contribution in [0.1, 0.15) is 79.9 Å². The molecule has 54 heavy (non-hydrogen) atoms. The van der Waals surface area contributed by atoms with Gasteiger partial charge >= 0.3 is 18.8 Å². The van der Waals surface area contributed by atoms with Crippen LogP contribution >= 0.6 is 0 Å². The van der Waals surface area contributed by atoms with Crippen LogP contribution in [0.15, 0.2) is 61.2 Å². The first kappa shape index (κ1) is 39.7. The summed E-state index contributed by atoms with van der Waals surface area (Å²) < 4.78 is 103. The number of aryl methyl sites for hydroxylation is 1. The van der Waals surface area contributed by atoms with E-state index < -0.39 is 66.5 Å². The van der Waals surface area contributed by atoms with Crippen molar-refractivity contribution in [2.45, 2.75) is 77.7 Å². The Morgan fingerprint density at radius 3 is 2.24 bits per heavy atom. The summed E-state index contributed by atoms with van der Waals surface area (Å²) in [7, 11) is 0. The van der Waals surface area contributed by atoms with Crippen LogP contribution in [-0.2, 0) is 10.9 Å². The minimum atomic E-state index is -4.86. The quantitative estimate of drug-likeness (QED) is 0.0770. The molecule has 2 aromatic carbocycles. The van der Waals surface area contributed by atoms with Crippen molar-refractivity contribution in [2.24, 2.45) is 5.41 Å². The molecule has 12 nitrogen and oxygen atoms in total. The minimum Gasteiger partial charge on any atom is -0.447 e. The van der Waals surface area contributed by atoms with Crippen molar-refractivity contribution >= 4 is 18.0 Å². The summed E-state index contributed by atoms with van der Waals surface area (Å²) in [5.74, 6) is -1.28. The number of nitrogens with one attached hydrogen (secondary N) is 3. The normalized spacial score (nSPS) is 14.5. The lowest BCUT2D eigenvalue weighted by atomic mass is 9.92. The number of alkyl carbamates (subject to hydrolysis) is 1. The summed E-state index contributed by atoms with van der Waals surface area (Å²) in [6.45, 7) is 3.79. The van der Waals surface area contributed by atoms with Crippen LogP contribution in [0.5, 0.6) is 0 Å². The van der Waals surface area contributed by atoms with E-state index in [1.165, 1.54) is 37.4 Å². The van der Waals surface area contributed by atoms with Gasteiger partial charge in [-0.15, -0.1) is 0 Å². The molecule has 1 aliphatic rings. The van der Waals surface area contributed by atoms with E-state index in [-0.39, 0.29) is 41.8 Å². The Hall–Kier alpha value is -5.49. The van der Waals surface area contributed by atoms with Crippen LogP contribution in [0.25, 0.3) is 16.8 Å². The van der Waals surface area contributed by atoms with Gasteiger partial charge in [0.25, 0.3) is 12.3 Å². The Morgan fingerprint density at radius 1 is 1.02 bits per heavy atom. The molecule has 3 N–H and O–H groups in total. The number of rotatable bonds is 12. The lowest BCUT2D eigenvalue weighted by Gasteiger charge is -2.33. The second-order valence-corrected chi connectivity index (χ2v) is 14.0. The molecule has 290 valence electrons. The highest BCUT2D eigenvalue weighted by Crippen LogP contribution is 2.41. The fourth-order valence-corrected chi connectivity index (χ4v) is 5.53. The van der Waals surface area contributed by atoms with Crippen LogP contribution < -0.4 is 10.6 Å². The van der Waals surface area contributed by atoms with Gasteiger partial charge in [0, 0.05) is 23.9 Å². The number of nitrogens with zero attached hydrogens (tertiary/aromatic N) is 6. The number of ether oxygens (including phenoxy) is 1. The van der Waals surface area contributed by atoms with Gasteiger partial charge in [0.2, 0.25) is 0 Å². The number of carbonyl (C=O) groups is 2. The molecule has 2 aromatic heterocycles. The lowest BCUT2D eigenvalue weighted by Crippen LogP contribution is -2.49. The van der Waals surface area contributed by atoms with Gasteiger partial charge in [0.05, 0.1) is 23.5 Å². The van der Waals surface area contributed by atoms with Gasteiger partial charge in [0.1, 0.15) is 24.3 Å². The smallest absolute Gasteiger partial charge is 0.418 e. The Kier molecular flexibility index (Phi) is 11.4. The highest BCUT2D eigenvalue weighted by molar-refractivity contribution is 6.05. The van der Waals surface area contributed by atoms with E-state index in [0.717, 1.165) is 40.3 Å². The van der Waals surface area contributed by atoms with E-state index in [1.54, 1.807) is 0 Å². The number of aromatic nitrogens is 5. The zero-order valence-corrected chi connectivity index (χ0v) is 29.6. The van der Waals surface area contributed by atoms with Crippen molar-refractivity contribution in [3.05, 3.63) is 83.7 Å². The zero-order valence-electron chi connectivity index (χ0n) is 29.6. The van der Waals surface area contributed by atoms with Crippen molar-refractivity contribution < 1.29 is 45.1 Å². The van der Waals surface area contributed by atoms with E-state index in [1.807, 2.05) is 20.8 Å². The summed E-state index contributed by atoms with van der Waals surface area (Å²) in [5.41, 5.74) is -2.92. The molecule has 0 bridgehead atoms. The number of hydrogen-bond donors (Lipinski definition) is 3. The third-order valence-corrected chi connectivity index (χ3v) is 8.79. The summed E-state index contributed by atoms with van der Waals surface area (Å²) in [6.07, 6.45) is -5.13. The molecule has 0 radical (unpaired) electrons. The Balaban J connectivity index is 1.58. The molecule has 1 fully saturated rings. The van der Waals surface area contributed by atoms with Gasteiger partial charge in [-0.05, 0) is 67.0 Å². The molecule has 1 aliphatic carbocycles. The topological polar surface area (TPSA) is 143 Å². The van der Waals surface area contributed by atoms with Crippen molar-refractivity contribution in [2.75, 3.05) is 13.2 Å². The fraction of sp³-hybridized carbons (Fsp3) is 0.429. The molecule has 0 spiro atoms. The molecule has 4 aromatic rings. The molecule has 0 aliphatic heterocycles. The summed E-state index contributed by atoms with van der Waals surface area (Å²) in [5, 5.41) is 21.6. The third-order valence-electron chi connectivity index (χ3n) is 8.79. The van der Waals surface area contributed by atoms with E-state index in [4.69, 9.17) is 10.1 Å². The Labute approximate surface area is 305 Å². The predicted octanol–water partition coefficient (Wildman–Crippen LogP) is 7.52. The number of alkyl halides is 7. The SMILES string of the molecule is Cc1ncnn1-c1cc([C@@H](COC(=O)NC2(C(F)F)CC2)N(C(=N)NCCC(C)(C)C)C(=O)c2ccc(-c3cnn(C(F)F)c3)cc2)ccc1C(F)(F)F. The highest BCUT2D eigenvalue weighted by atomic mass is 19.4. The number of amides is 2. The molecular weight excluding hydrogens is 727 g/mol. The van der Waals surface area contributed by atoms with Crippen molar-refractivity contribution in [1.82, 2.24) is 40.1 Å². The average Bonchev–Trinajstić information content (AvgIpc) is 3.48. The first-order chi connectivity index (χ1) is 25.3. The molecule has 5 rings (SSSR count). The van der Waals surface area contributed by atoms with Gasteiger partial charge in [-0.3, -0.25) is 15.1 Å². The predicted molar refractivity (Wildman–Crippen MR) is 181 cm³/mol. The van der Waals surface area contributed by atoms with Crippen LogP contribution in [0.4, 0.5) is 35.5 Å². The summed E-state index contributed by atoms with van der Waals surface area (Å²) in [6, 6.07) is 7.00. The van der Waals surface area contributed by atoms with E-state index in [0.29, 0.717) is 22.2 Å². The number of halogens is 7. The second kappa shape index (κ2) is 15.5. The van der Waals surface area contributed by atoms with Crippen molar-refractivity contribution in [3.63, 3.8) is 0 Å². The van der Waals surface area contributed by atoms with Gasteiger partial charge in [-0.25, -0.2) is 27.9 Å². The molecule has 2 amide bonds. The van der Waals surface area contributed by atoms with Gasteiger partial charge in [-0.2, -0.15) is 32.1 Å². The third kappa shape index (κ3) is 9.17. The Bertz CT molecular complexity index is 1970. The first-order valence-corrected chi connectivity index (χ1v) is 16.7. The maximum atomic E-state index is 14.4. The first-order valence-electron chi connectivity index (χ1n) is 16.7. The molecular formula is C35H38F7N9O3. The van der Waals surface area contributed by atoms with E-state index in [9.17, 15) is 40.3 Å². The summed E-state index contributed by atoms with van der Waals surface area (Å²) >= 11 is 0. The van der Waals surface area contributed by atoms with Crippen LogP contribution in [0.2, 0.25) is 0 Å². The van der Waals surface area contributed by atoms with Crippen molar-refractivity contribution in [1.29, 1.82) is 5.41 Å². The standard InChI is InChI=1S/C35H38F7N9O3/c1-20-45-19-47-51(20)26-15-23(9-10-25(26)35(40,41)42)27(18-54-32(53)48-34(11-12-34)29(36)37)50(31(43)44-14-13-33(2,3)4)28(52)22-7-5-21(6-8-22)24-16-46-49(17-24)30(38)39/h5-10,15-17,19,27,29-30H,11-14,18H2,1-4H3,(H2,43,44)(H,48,53)/t27-/m1/s1. The number of hydrogen-bond acceptors (Lipinski definition) is 7. The number of carbonyl (C=O) groups excluding carboxylic acids is 2. The zero-order chi connectivity index (χ0) is 39.6. The molecule has 2 heterocycles. The lowest BCUT2D eigenvalue weighted by molar-refractivity contribution is -0.137. The van der Waals surface area contributed by atoms with Crippen LogP contribution in [0, 0.1) is 17.7 Å². The van der Waals surface area contributed by atoms with Crippen LogP contribution in [-0.4, -0.2) is 72.5 Å². The molecule has 19 heteroatoms. The monoisotopic (exact) mass is 765 g/mol.